The number of rotatable bonds is 6. The highest BCUT2D eigenvalue weighted by atomic mass is 19.4. The molecule has 128 valence electrons. The van der Waals surface area contributed by atoms with Gasteiger partial charge in [-0.15, -0.1) is 0 Å². The number of halogens is 4. The summed E-state index contributed by atoms with van der Waals surface area (Å²) in [6.07, 6.45) is -4.43. The van der Waals surface area contributed by atoms with Crippen LogP contribution in [0.3, 0.4) is 0 Å². The third kappa shape index (κ3) is 4.47. The molecule has 0 heterocycles. The first-order chi connectivity index (χ1) is 11.3. The average molecular weight is 342 g/mol. The minimum atomic E-state index is -4.62. The Morgan fingerprint density at radius 1 is 1.08 bits per heavy atom. The summed E-state index contributed by atoms with van der Waals surface area (Å²) >= 11 is 0. The first-order valence-electron chi connectivity index (χ1n) is 7.10. The van der Waals surface area contributed by atoms with Gasteiger partial charge < -0.3 is 9.84 Å². The Balaban J connectivity index is 2.24. The number of carbonyl (C=O) groups is 1. The van der Waals surface area contributed by atoms with Crippen LogP contribution in [0.1, 0.15) is 18.4 Å². The van der Waals surface area contributed by atoms with E-state index in [1.165, 1.54) is 6.07 Å². The third-order valence-corrected chi connectivity index (χ3v) is 3.27. The summed E-state index contributed by atoms with van der Waals surface area (Å²) in [5, 5.41) is 8.57. The zero-order chi connectivity index (χ0) is 17.7. The van der Waals surface area contributed by atoms with E-state index in [0.717, 1.165) is 12.1 Å². The van der Waals surface area contributed by atoms with Crippen LogP contribution in [0.15, 0.2) is 42.5 Å². The summed E-state index contributed by atoms with van der Waals surface area (Å²) in [6.45, 7) is 0.103. The molecule has 0 atom stereocenters. The monoisotopic (exact) mass is 342 g/mol. The predicted molar refractivity (Wildman–Crippen MR) is 79.2 cm³/mol. The van der Waals surface area contributed by atoms with Crippen molar-refractivity contribution in [1.29, 1.82) is 0 Å². The van der Waals surface area contributed by atoms with Gasteiger partial charge in [-0.1, -0.05) is 24.3 Å². The standard InChI is InChI=1S/C17H14F4O3/c18-14-10-11(17(19,20)21)7-8-12(14)13-4-1-2-5-15(13)24-9-3-6-16(22)23/h1-2,4-5,7-8,10H,3,6,9H2,(H,22,23). The number of ether oxygens (including phenoxy) is 1. The molecule has 0 aliphatic heterocycles. The fraction of sp³-hybridized carbons (Fsp3) is 0.235. The maximum atomic E-state index is 14.1. The fourth-order valence-electron chi connectivity index (χ4n) is 2.13. The average Bonchev–Trinajstić information content (AvgIpc) is 2.51. The Kier molecular flexibility index (Phi) is 5.43. The van der Waals surface area contributed by atoms with Crippen molar-refractivity contribution >= 4 is 5.97 Å². The maximum Gasteiger partial charge on any atom is 0.416 e. The second-order valence-electron chi connectivity index (χ2n) is 5.03. The van der Waals surface area contributed by atoms with Crippen LogP contribution in [-0.2, 0) is 11.0 Å². The molecular weight excluding hydrogens is 328 g/mol. The largest absolute Gasteiger partial charge is 0.493 e. The van der Waals surface area contributed by atoms with Gasteiger partial charge in [-0.2, -0.15) is 13.2 Å². The predicted octanol–water partition coefficient (Wildman–Crippen LogP) is 4.76. The number of alkyl halides is 3. The Morgan fingerprint density at radius 2 is 1.79 bits per heavy atom. The van der Waals surface area contributed by atoms with E-state index in [1.54, 1.807) is 18.2 Å². The van der Waals surface area contributed by atoms with Gasteiger partial charge in [-0.05, 0) is 24.6 Å². The first kappa shape index (κ1) is 17.8. The molecule has 3 nitrogen and oxygen atoms in total. The van der Waals surface area contributed by atoms with E-state index in [2.05, 4.69) is 0 Å². The highest BCUT2D eigenvalue weighted by molar-refractivity contribution is 5.71. The molecule has 1 N–H and O–H groups in total. The number of carboxylic acid groups (broad SMARTS) is 1. The SMILES string of the molecule is O=C(O)CCCOc1ccccc1-c1ccc(C(F)(F)F)cc1F. The molecule has 2 rings (SSSR count). The molecule has 0 spiro atoms. The van der Waals surface area contributed by atoms with Crippen LogP contribution in [0.4, 0.5) is 17.6 Å². The van der Waals surface area contributed by atoms with Gasteiger partial charge in [0.1, 0.15) is 11.6 Å². The van der Waals surface area contributed by atoms with Crippen molar-refractivity contribution in [2.45, 2.75) is 19.0 Å². The van der Waals surface area contributed by atoms with E-state index in [4.69, 9.17) is 9.84 Å². The first-order valence-corrected chi connectivity index (χ1v) is 7.10. The number of benzene rings is 2. The van der Waals surface area contributed by atoms with Crippen molar-refractivity contribution in [3.8, 4) is 16.9 Å². The lowest BCUT2D eigenvalue weighted by Crippen LogP contribution is -2.06. The second kappa shape index (κ2) is 7.33. The Hall–Kier alpha value is -2.57. The Morgan fingerprint density at radius 3 is 2.42 bits per heavy atom. The summed E-state index contributed by atoms with van der Waals surface area (Å²) < 4.78 is 57.4. The molecule has 2 aromatic carbocycles. The van der Waals surface area contributed by atoms with Crippen LogP contribution in [0.25, 0.3) is 11.1 Å². The van der Waals surface area contributed by atoms with E-state index in [9.17, 15) is 22.4 Å². The minimum Gasteiger partial charge on any atom is -0.493 e. The molecule has 0 aliphatic rings. The summed E-state index contributed by atoms with van der Waals surface area (Å²) in [4.78, 5) is 10.5. The summed E-state index contributed by atoms with van der Waals surface area (Å²) in [5.74, 6) is -1.69. The van der Waals surface area contributed by atoms with Gasteiger partial charge >= 0.3 is 12.1 Å². The molecule has 0 unspecified atom stereocenters. The van der Waals surface area contributed by atoms with Crippen molar-refractivity contribution in [1.82, 2.24) is 0 Å². The van der Waals surface area contributed by atoms with E-state index in [0.29, 0.717) is 11.6 Å². The fourth-order valence-corrected chi connectivity index (χ4v) is 2.13. The smallest absolute Gasteiger partial charge is 0.416 e. The van der Waals surface area contributed by atoms with Gasteiger partial charge in [0.15, 0.2) is 0 Å². The Labute approximate surface area is 135 Å². The summed E-state index contributed by atoms with van der Waals surface area (Å²) in [7, 11) is 0. The van der Waals surface area contributed by atoms with Crippen LogP contribution >= 0.6 is 0 Å². The van der Waals surface area contributed by atoms with Crippen molar-refractivity contribution in [2.75, 3.05) is 6.61 Å². The highest BCUT2D eigenvalue weighted by Gasteiger charge is 2.31. The number of aliphatic carboxylic acids is 1. The molecule has 0 aliphatic carbocycles. The van der Waals surface area contributed by atoms with E-state index in [1.807, 2.05) is 0 Å². The summed E-state index contributed by atoms with van der Waals surface area (Å²) in [5.41, 5.74) is -0.778. The zero-order valence-electron chi connectivity index (χ0n) is 12.4. The third-order valence-electron chi connectivity index (χ3n) is 3.27. The maximum absolute atomic E-state index is 14.1. The van der Waals surface area contributed by atoms with Crippen molar-refractivity contribution < 1.29 is 32.2 Å². The lowest BCUT2D eigenvalue weighted by molar-refractivity contribution is -0.138. The quantitative estimate of drug-likeness (QED) is 0.608. The normalized spacial score (nSPS) is 11.3. The molecule has 0 saturated heterocycles. The summed E-state index contributed by atoms with van der Waals surface area (Å²) in [6, 6.07) is 8.62. The van der Waals surface area contributed by atoms with Gasteiger partial charge in [0.05, 0.1) is 12.2 Å². The minimum absolute atomic E-state index is 0.0168. The Bertz CT molecular complexity index is 726. The van der Waals surface area contributed by atoms with E-state index in [-0.39, 0.29) is 30.8 Å². The molecule has 0 amide bonds. The molecule has 2 aromatic rings. The molecule has 0 saturated carbocycles. The van der Waals surface area contributed by atoms with Crippen LogP contribution in [0.2, 0.25) is 0 Å². The van der Waals surface area contributed by atoms with Gasteiger partial charge in [0, 0.05) is 17.5 Å². The molecule has 0 fully saturated rings. The van der Waals surface area contributed by atoms with Crippen LogP contribution in [0.5, 0.6) is 5.75 Å². The lowest BCUT2D eigenvalue weighted by Gasteiger charge is -2.13. The molecule has 0 bridgehead atoms. The molecule has 7 heteroatoms. The van der Waals surface area contributed by atoms with Gasteiger partial charge in [0.25, 0.3) is 0 Å². The lowest BCUT2D eigenvalue weighted by atomic mass is 10.0. The number of hydrogen-bond donors (Lipinski definition) is 1. The van der Waals surface area contributed by atoms with Crippen LogP contribution in [-0.4, -0.2) is 17.7 Å². The molecular formula is C17H14F4O3. The topological polar surface area (TPSA) is 46.5 Å². The van der Waals surface area contributed by atoms with Crippen molar-refractivity contribution in [3.05, 3.63) is 53.8 Å². The van der Waals surface area contributed by atoms with Gasteiger partial charge in [-0.25, -0.2) is 4.39 Å². The number of hydrogen-bond acceptors (Lipinski definition) is 2. The second-order valence-corrected chi connectivity index (χ2v) is 5.03. The van der Waals surface area contributed by atoms with E-state index < -0.39 is 23.5 Å². The highest BCUT2D eigenvalue weighted by Crippen LogP contribution is 2.36. The van der Waals surface area contributed by atoms with E-state index >= 15 is 0 Å². The van der Waals surface area contributed by atoms with Crippen LogP contribution in [0, 0.1) is 5.82 Å². The zero-order valence-corrected chi connectivity index (χ0v) is 12.4. The van der Waals surface area contributed by atoms with Gasteiger partial charge in [0.2, 0.25) is 0 Å². The van der Waals surface area contributed by atoms with Gasteiger partial charge in [-0.3, -0.25) is 4.79 Å². The van der Waals surface area contributed by atoms with Crippen LogP contribution < -0.4 is 4.74 Å². The van der Waals surface area contributed by atoms with Crippen molar-refractivity contribution in [3.63, 3.8) is 0 Å². The molecule has 0 aromatic heterocycles. The van der Waals surface area contributed by atoms with Crippen molar-refractivity contribution in [2.24, 2.45) is 0 Å². The molecule has 0 radical (unpaired) electrons. The number of carboxylic acids is 1. The number of para-hydroxylation sites is 1. The molecule has 24 heavy (non-hydrogen) atoms.